The molecule has 0 radical (unpaired) electrons. The minimum absolute atomic E-state index is 0.363. The van der Waals surface area contributed by atoms with Crippen molar-refractivity contribution in [2.45, 2.75) is 51.4 Å². The monoisotopic (exact) mass is 382 g/mol. The van der Waals surface area contributed by atoms with Gasteiger partial charge in [-0.1, -0.05) is 6.42 Å². The SMILES string of the molecule is COCC[C@H]1CCCCN1Cc1nc(-c2ccc(C(F)(F)F)cc2)oc1C. The average molecular weight is 382 g/mol. The number of ether oxygens (including phenoxy) is 1. The Morgan fingerprint density at radius 1 is 1.22 bits per heavy atom. The van der Waals surface area contributed by atoms with E-state index in [1.54, 1.807) is 7.11 Å². The van der Waals surface area contributed by atoms with Crippen molar-refractivity contribution in [3.63, 3.8) is 0 Å². The van der Waals surface area contributed by atoms with E-state index in [-0.39, 0.29) is 0 Å². The summed E-state index contributed by atoms with van der Waals surface area (Å²) in [4.78, 5) is 6.97. The predicted octanol–water partition coefficient (Wildman–Crippen LogP) is 5.06. The number of alkyl halides is 3. The van der Waals surface area contributed by atoms with E-state index in [0.29, 0.717) is 29.8 Å². The molecule has 3 rings (SSSR count). The van der Waals surface area contributed by atoms with Crippen LogP contribution in [0, 0.1) is 6.92 Å². The van der Waals surface area contributed by atoms with Gasteiger partial charge >= 0.3 is 6.18 Å². The smallest absolute Gasteiger partial charge is 0.416 e. The average Bonchev–Trinajstić information content (AvgIpc) is 3.01. The molecule has 27 heavy (non-hydrogen) atoms. The van der Waals surface area contributed by atoms with Gasteiger partial charge < -0.3 is 9.15 Å². The van der Waals surface area contributed by atoms with Gasteiger partial charge in [-0.05, 0) is 57.0 Å². The molecule has 1 aromatic heterocycles. The Labute approximate surface area is 157 Å². The molecule has 1 saturated heterocycles. The van der Waals surface area contributed by atoms with Gasteiger partial charge in [0.15, 0.2) is 0 Å². The second kappa shape index (κ2) is 8.44. The lowest BCUT2D eigenvalue weighted by Gasteiger charge is -2.35. The number of benzene rings is 1. The number of halogens is 3. The van der Waals surface area contributed by atoms with Crippen LogP contribution in [0.4, 0.5) is 13.2 Å². The molecule has 0 N–H and O–H groups in total. The van der Waals surface area contributed by atoms with Crippen LogP contribution in [0.15, 0.2) is 28.7 Å². The van der Waals surface area contributed by atoms with Gasteiger partial charge in [-0.15, -0.1) is 0 Å². The normalized spacial score (nSPS) is 18.8. The fraction of sp³-hybridized carbons (Fsp3) is 0.550. The molecule has 1 aliphatic rings. The first-order chi connectivity index (χ1) is 12.9. The highest BCUT2D eigenvalue weighted by molar-refractivity contribution is 5.54. The highest BCUT2D eigenvalue weighted by atomic mass is 19.4. The third-order valence-electron chi connectivity index (χ3n) is 5.11. The van der Waals surface area contributed by atoms with Crippen LogP contribution in [-0.2, 0) is 17.5 Å². The molecule has 0 amide bonds. The Bertz CT molecular complexity index is 741. The summed E-state index contributed by atoms with van der Waals surface area (Å²) in [7, 11) is 1.71. The largest absolute Gasteiger partial charge is 0.441 e. The molecular formula is C20H25F3N2O2. The van der Waals surface area contributed by atoms with Gasteiger partial charge in [0.25, 0.3) is 0 Å². The maximum Gasteiger partial charge on any atom is 0.416 e. The van der Waals surface area contributed by atoms with Crippen molar-refractivity contribution < 1.29 is 22.3 Å². The molecule has 2 aromatic rings. The zero-order chi connectivity index (χ0) is 19.4. The highest BCUT2D eigenvalue weighted by Gasteiger charge is 2.30. The summed E-state index contributed by atoms with van der Waals surface area (Å²) in [5, 5.41) is 0. The van der Waals surface area contributed by atoms with Crippen LogP contribution >= 0.6 is 0 Å². The summed E-state index contributed by atoms with van der Waals surface area (Å²) >= 11 is 0. The molecule has 0 spiro atoms. The molecule has 1 aromatic carbocycles. The number of likely N-dealkylation sites (tertiary alicyclic amines) is 1. The molecule has 0 aliphatic carbocycles. The van der Waals surface area contributed by atoms with Crippen LogP contribution in [0.1, 0.15) is 42.7 Å². The predicted molar refractivity (Wildman–Crippen MR) is 96.2 cm³/mol. The van der Waals surface area contributed by atoms with Crippen molar-refractivity contribution in [3.05, 3.63) is 41.3 Å². The van der Waals surface area contributed by atoms with E-state index in [1.165, 1.54) is 18.6 Å². The standard InChI is InChI=1S/C20H25F3N2O2/c1-14-18(13-25-11-4-3-5-17(25)10-12-26-2)24-19(27-14)15-6-8-16(9-7-15)20(21,22)23/h6-9,17H,3-5,10-13H2,1-2H3/t17-/m1/s1. The van der Waals surface area contributed by atoms with Crippen molar-refractivity contribution in [3.8, 4) is 11.5 Å². The minimum Gasteiger partial charge on any atom is -0.441 e. The molecule has 1 aliphatic heterocycles. The number of rotatable bonds is 6. The number of methoxy groups -OCH3 is 1. The summed E-state index contributed by atoms with van der Waals surface area (Å²) in [6, 6.07) is 5.38. The van der Waals surface area contributed by atoms with Gasteiger partial charge in [0.05, 0.1) is 11.3 Å². The summed E-state index contributed by atoms with van der Waals surface area (Å²) in [6.07, 6.45) is 0.165. The molecule has 2 heterocycles. The van der Waals surface area contributed by atoms with Crippen molar-refractivity contribution >= 4 is 0 Å². The van der Waals surface area contributed by atoms with Gasteiger partial charge in [-0.25, -0.2) is 4.98 Å². The first kappa shape index (κ1) is 19.9. The molecular weight excluding hydrogens is 357 g/mol. The lowest BCUT2D eigenvalue weighted by molar-refractivity contribution is -0.137. The van der Waals surface area contributed by atoms with Gasteiger partial charge in [-0.3, -0.25) is 4.90 Å². The van der Waals surface area contributed by atoms with E-state index in [9.17, 15) is 13.2 Å². The quantitative estimate of drug-likeness (QED) is 0.700. The maximum atomic E-state index is 12.7. The van der Waals surface area contributed by atoms with E-state index in [2.05, 4.69) is 9.88 Å². The lowest BCUT2D eigenvalue weighted by Crippen LogP contribution is -2.39. The molecule has 0 saturated carbocycles. The number of hydrogen-bond acceptors (Lipinski definition) is 4. The van der Waals surface area contributed by atoms with Crippen LogP contribution in [0.25, 0.3) is 11.5 Å². The Morgan fingerprint density at radius 2 is 1.96 bits per heavy atom. The molecule has 7 heteroatoms. The fourth-order valence-electron chi connectivity index (χ4n) is 3.54. The molecule has 148 valence electrons. The van der Waals surface area contributed by atoms with Crippen LogP contribution in [0.2, 0.25) is 0 Å². The van der Waals surface area contributed by atoms with Crippen molar-refractivity contribution in [1.82, 2.24) is 9.88 Å². The molecule has 0 unspecified atom stereocenters. The summed E-state index contributed by atoms with van der Waals surface area (Å²) in [5.41, 5.74) is 0.713. The van der Waals surface area contributed by atoms with Crippen LogP contribution in [-0.4, -0.2) is 36.2 Å². The van der Waals surface area contributed by atoms with E-state index in [4.69, 9.17) is 9.15 Å². The van der Waals surface area contributed by atoms with Gasteiger partial charge in [0, 0.05) is 31.9 Å². The van der Waals surface area contributed by atoms with Gasteiger partial charge in [0.2, 0.25) is 5.89 Å². The number of oxazole rings is 1. The van der Waals surface area contributed by atoms with E-state index in [0.717, 1.165) is 50.2 Å². The zero-order valence-corrected chi connectivity index (χ0v) is 15.7. The number of hydrogen-bond donors (Lipinski definition) is 0. The maximum absolute atomic E-state index is 12.7. The van der Waals surface area contributed by atoms with Crippen LogP contribution in [0.3, 0.4) is 0 Å². The van der Waals surface area contributed by atoms with Crippen molar-refractivity contribution in [2.75, 3.05) is 20.3 Å². The zero-order valence-electron chi connectivity index (χ0n) is 15.7. The number of nitrogens with zero attached hydrogens (tertiary/aromatic N) is 2. The number of aryl methyl sites for hydroxylation is 1. The van der Waals surface area contributed by atoms with Crippen molar-refractivity contribution in [2.24, 2.45) is 0 Å². The third-order valence-corrected chi connectivity index (χ3v) is 5.11. The lowest BCUT2D eigenvalue weighted by atomic mass is 9.99. The Hall–Kier alpha value is -1.86. The van der Waals surface area contributed by atoms with E-state index >= 15 is 0 Å². The topological polar surface area (TPSA) is 38.5 Å². The second-order valence-corrected chi connectivity index (χ2v) is 7.00. The van der Waals surface area contributed by atoms with Crippen molar-refractivity contribution in [1.29, 1.82) is 0 Å². The summed E-state index contributed by atoms with van der Waals surface area (Å²) in [6.45, 7) is 4.28. The van der Waals surface area contributed by atoms with E-state index < -0.39 is 11.7 Å². The molecule has 1 atom stereocenters. The van der Waals surface area contributed by atoms with Gasteiger partial charge in [0.1, 0.15) is 5.76 Å². The Kier molecular flexibility index (Phi) is 6.22. The number of piperidine rings is 1. The van der Waals surface area contributed by atoms with E-state index in [1.807, 2.05) is 6.92 Å². The fourth-order valence-corrected chi connectivity index (χ4v) is 3.54. The van der Waals surface area contributed by atoms with Crippen LogP contribution in [0.5, 0.6) is 0 Å². The first-order valence-electron chi connectivity index (χ1n) is 9.25. The highest BCUT2D eigenvalue weighted by Crippen LogP contribution is 2.31. The second-order valence-electron chi connectivity index (χ2n) is 7.00. The number of aromatic nitrogens is 1. The molecule has 1 fully saturated rings. The Morgan fingerprint density at radius 3 is 2.63 bits per heavy atom. The van der Waals surface area contributed by atoms with Crippen LogP contribution < -0.4 is 0 Å². The Balaban J connectivity index is 1.74. The molecule has 4 nitrogen and oxygen atoms in total. The summed E-state index contributed by atoms with van der Waals surface area (Å²) < 4.78 is 49.1. The third kappa shape index (κ3) is 4.90. The minimum atomic E-state index is -4.35. The first-order valence-corrected chi connectivity index (χ1v) is 9.25. The molecule has 0 bridgehead atoms. The van der Waals surface area contributed by atoms with Gasteiger partial charge in [-0.2, -0.15) is 13.2 Å². The summed E-state index contributed by atoms with van der Waals surface area (Å²) in [5.74, 6) is 1.07.